The van der Waals surface area contributed by atoms with Crippen LogP contribution in [0.4, 0.5) is 0 Å². The summed E-state index contributed by atoms with van der Waals surface area (Å²) in [6.07, 6.45) is 2.39. The predicted octanol–water partition coefficient (Wildman–Crippen LogP) is 0.571. The molecule has 0 spiro atoms. The molecule has 0 radical (unpaired) electrons. The largest absolute Gasteiger partial charge is 0.343 e. The van der Waals surface area contributed by atoms with Gasteiger partial charge in [0.05, 0.1) is 4.83 Å². The maximum Gasteiger partial charge on any atom is 0.288 e. The number of unbranched alkanes of at least 4 members (excludes halogenated alkanes) is 1. The second-order valence-corrected chi connectivity index (χ2v) is 3.40. The Hall–Kier alpha value is 0.360. The molecule has 0 bridgehead atoms. The monoisotopic (exact) mass is 212 g/mol. The van der Waals surface area contributed by atoms with E-state index in [2.05, 4.69) is 15.9 Å². The Morgan fingerprint density at radius 2 is 1.90 bits per heavy atom. The molecule has 0 rings (SSSR count). The number of aliphatic hydroxyl groups is 3. The number of halogens is 1. The van der Waals surface area contributed by atoms with Crippen molar-refractivity contribution < 1.29 is 15.3 Å². The molecule has 0 heterocycles. The van der Waals surface area contributed by atoms with E-state index in [-0.39, 0.29) is 0 Å². The van der Waals surface area contributed by atoms with Crippen LogP contribution >= 0.6 is 15.9 Å². The minimum Gasteiger partial charge on any atom is -0.343 e. The topological polar surface area (TPSA) is 60.7 Å². The van der Waals surface area contributed by atoms with Gasteiger partial charge in [0.2, 0.25) is 0 Å². The average Bonchev–Trinajstić information content (AvgIpc) is 1.80. The van der Waals surface area contributed by atoms with E-state index in [1.165, 1.54) is 0 Å². The zero-order valence-corrected chi connectivity index (χ0v) is 7.50. The van der Waals surface area contributed by atoms with Crippen molar-refractivity contribution in [1.82, 2.24) is 0 Å². The highest BCUT2D eigenvalue weighted by Crippen LogP contribution is 2.18. The van der Waals surface area contributed by atoms with Gasteiger partial charge in [-0.15, -0.1) is 0 Å². The third kappa shape index (κ3) is 4.22. The van der Waals surface area contributed by atoms with E-state index in [4.69, 9.17) is 15.3 Å². The Morgan fingerprint density at radius 1 is 1.40 bits per heavy atom. The van der Waals surface area contributed by atoms with Crippen molar-refractivity contribution in [3.05, 3.63) is 0 Å². The summed E-state index contributed by atoms with van der Waals surface area (Å²) >= 11 is 2.95. The summed E-state index contributed by atoms with van der Waals surface area (Å²) in [6.45, 7) is 1.99. The van der Waals surface area contributed by atoms with E-state index in [1.54, 1.807) is 0 Å². The highest BCUT2D eigenvalue weighted by atomic mass is 79.9. The molecule has 0 amide bonds. The molecule has 3 nitrogen and oxygen atoms in total. The van der Waals surface area contributed by atoms with Gasteiger partial charge in [-0.1, -0.05) is 35.7 Å². The van der Waals surface area contributed by atoms with Gasteiger partial charge in [-0.2, -0.15) is 0 Å². The van der Waals surface area contributed by atoms with E-state index in [9.17, 15) is 0 Å². The number of hydrogen-bond acceptors (Lipinski definition) is 3. The summed E-state index contributed by atoms with van der Waals surface area (Å²) in [5.74, 6) is -2.57. The molecule has 0 aromatic carbocycles. The van der Waals surface area contributed by atoms with Gasteiger partial charge in [-0.3, -0.25) is 0 Å². The molecule has 0 saturated carbocycles. The highest BCUT2D eigenvalue weighted by Gasteiger charge is 2.28. The van der Waals surface area contributed by atoms with Crippen LogP contribution < -0.4 is 0 Å². The van der Waals surface area contributed by atoms with Gasteiger partial charge in [0.1, 0.15) is 0 Å². The minimum absolute atomic E-state index is 0.556. The van der Waals surface area contributed by atoms with Crippen molar-refractivity contribution in [2.24, 2.45) is 0 Å². The fourth-order valence-corrected chi connectivity index (χ4v) is 0.901. The average molecular weight is 213 g/mol. The molecular formula is C6H13BrO3. The fourth-order valence-electron chi connectivity index (χ4n) is 0.577. The summed E-state index contributed by atoms with van der Waals surface area (Å²) < 4.78 is 0. The van der Waals surface area contributed by atoms with Crippen LogP contribution in [0.2, 0.25) is 0 Å². The minimum atomic E-state index is -2.57. The van der Waals surface area contributed by atoms with Gasteiger partial charge in [0, 0.05) is 0 Å². The molecule has 10 heavy (non-hydrogen) atoms. The lowest BCUT2D eigenvalue weighted by atomic mass is 10.2. The van der Waals surface area contributed by atoms with E-state index in [0.29, 0.717) is 6.42 Å². The SMILES string of the molecule is CCCCC(Br)C(O)(O)O. The predicted molar refractivity (Wildman–Crippen MR) is 41.6 cm³/mol. The van der Waals surface area contributed by atoms with E-state index < -0.39 is 10.8 Å². The first-order valence-corrected chi connectivity index (χ1v) is 4.21. The van der Waals surface area contributed by atoms with Crippen LogP contribution in [0.5, 0.6) is 0 Å². The maximum absolute atomic E-state index is 8.58. The highest BCUT2D eigenvalue weighted by molar-refractivity contribution is 9.09. The van der Waals surface area contributed by atoms with Gasteiger partial charge < -0.3 is 15.3 Å². The van der Waals surface area contributed by atoms with Crippen molar-refractivity contribution in [2.45, 2.75) is 37.0 Å². The van der Waals surface area contributed by atoms with E-state index >= 15 is 0 Å². The molecule has 0 aliphatic carbocycles. The Kier molecular flexibility index (Phi) is 4.44. The van der Waals surface area contributed by atoms with Gasteiger partial charge in [-0.25, -0.2) is 0 Å². The molecule has 3 N–H and O–H groups in total. The van der Waals surface area contributed by atoms with Crippen LogP contribution in [-0.4, -0.2) is 26.1 Å². The lowest BCUT2D eigenvalue weighted by Crippen LogP contribution is -2.37. The lowest BCUT2D eigenvalue weighted by Gasteiger charge is -2.19. The Labute approximate surface area is 68.8 Å². The summed E-state index contributed by atoms with van der Waals surface area (Å²) in [4.78, 5) is -0.653. The van der Waals surface area contributed by atoms with Crippen LogP contribution in [0, 0.1) is 0 Å². The van der Waals surface area contributed by atoms with Crippen LogP contribution in [0.25, 0.3) is 0 Å². The van der Waals surface area contributed by atoms with Crippen molar-refractivity contribution in [1.29, 1.82) is 0 Å². The normalized spacial score (nSPS) is 15.3. The molecule has 1 atom stereocenters. The maximum atomic E-state index is 8.58. The van der Waals surface area contributed by atoms with Crippen LogP contribution in [-0.2, 0) is 0 Å². The molecular weight excluding hydrogens is 200 g/mol. The second-order valence-electron chi connectivity index (χ2n) is 2.30. The third-order valence-corrected chi connectivity index (χ3v) is 2.30. The molecule has 0 aromatic heterocycles. The van der Waals surface area contributed by atoms with Gasteiger partial charge in [0.25, 0.3) is 5.97 Å². The third-order valence-electron chi connectivity index (χ3n) is 1.23. The smallest absolute Gasteiger partial charge is 0.288 e. The summed E-state index contributed by atoms with van der Waals surface area (Å²) in [7, 11) is 0. The second kappa shape index (κ2) is 4.28. The fraction of sp³-hybridized carbons (Fsp3) is 1.00. The first-order chi connectivity index (χ1) is 4.48. The van der Waals surface area contributed by atoms with Crippen LogP contribution in [0.15, 0.2) is 0 Å². The summed E-state index contributed by atoms with van der Waals surface area (Å²) in [5, 5.41) is 25.7. The number of hydrogen-bond donors (Lipinski definition) is 3. The van der Waals surface area contributed by atoms with E-state index in [1.807, 2.05) is 6.92 Å². The van der Waals surface area contributed by atoms with Gasteiger partial charge in [-0.05, 0) is 6.42 Å². The molecule has 0 fully saturated rings. The molecule has 1 unspecified atom stereocenters. The van der Waals surface area contributed by atoms with Crippen LogP contribution in [0.1, 0.15) is 26.2 Å². The Bertz CT molecular complexity index is 89.5. The van der Waals surface area contributed by atoms with Gasteiger partial charge in [0.15, 0.2) is 0 Å². The van der Waals surface area contributed by atoms with Crippen LogP contribution in [0.3, 0.4) is 0 Å². The molecule has 0 aliphatic rings. The number of rotatable bonds is 4. The van der Waals surface area contributed by atoms with Crippen molar-refractivity contribution in [3.8, 4) is 0 Å². The zero-order valence-electron chi connectivity index (χ0n) is 5.92. The molecule has 62 valence electrons. The van der Waals surface area contributed by atoms with Crippen molar-refractivity contribution in [3.63, 3.8) is 0 Å². The van der Waals surface area contributed by atoms with Crippen molar-refractivity contribution >= 4 is 15.9 Å². The summed E-state index contributed by atoms with van der Waals surface area (Å²) in [5.41, 5.74) is 0. The first kappa shape index (κ1) is 10.4. The first-order valence-electron chi connectivity index (χ1n) is 3.29. The number of alkyl halides is 1. The quantitative estimate of drug-likeness (QED) is 0.472. The van der Waals surface area contributed by atoms with E-state index in [0.717, 1.165) is 12.8 Å². The van der Waals surface area contributed by atoms with Crippen molar-refractivity contribution in [2.75, 3.05) is 0 Å². The molecule has 0 saturated heterocycles. The Balaban J connectivity index is 3.52. The summed E-state index contributed by atoms with van der Waals surface area (Å²) in [6, 6.07) is 0. The Morgan fingerprint density at radius 3 is 2.20 bits per heavy atom. The zero-order chi connectivity index (χ0) is 8.20. The molecule has 0 aliphatic heterocycles. The molecule has 4 heteroatoms. The lowest BCUT2D eigenvalue weighted by molar-refractivity contribution is -0.309. The van der Waals surface area contributed by atoms with Gasteiger partial charge >= 0.3 is 0 Å². The molecule has 0 aromatic rings. The standard InChI is InChI=1S/C6H13BrO3/c1-2-3-4-5(7)6(8,9)10/h5,8-10H,2-4H2,1H3.